The summed E-state index contributed by atoms with van der Waals surface area (Å²) in [7, 11) is 0. The third kappa shape index (κ3) is 4.69. The highest BCUT2D eigenvalue weighted by Gasteiger charge is 2.20. The Kier molecular flexibility index (Phi) is 6.04. The van der Waals surface area contributed by atoms with E-state index in [1.54, 1.807) is 42.5 Å². The van der Waals surface area contributed by atoms with Crippen molar-refractivity contribution in [1.29, 1.82) is 0 Å². The highest BCUT2D eigenvalue weighted by molar-refractivity contribution is 6.31. The molecule has 1 amide bonds. The van der Waals surface area contributed by atoms with Gasteiger partial charge in [0.2, 0.25) is 5.91 Å². The molecule has 0 atom stereocenters. The average molecular weight is 373 g/mol. The smallest absolute Gasteiger partial charge is 0.238 e. The van der Waals surface area contributed by atoms with Crippen molar-refractivity contribution in [3.8, 4) is 0 Å². The van der Waals surface area contributed by atoms with E-state index in [0.29, 0.717) is 47.8 Å². The lowest BCUT2D eigenvalue weighted by molar-refractivity contribution is -0.117. The van der Waals surface area contributed by atoms with Gasteiger partial charge in [-0.3, -0.25) is 14.5 Å². The van der Waals surface area contributed by atoms with Gasteiger partial charge in [0.1, 0.15) is 0 Å². The van der Waals surface area contributed by atoms with Gasteiger partial charge in [0, 0.05) is 29.2 Å². The molecule has 0 bridgehead atoms. The minimum absolute atomic E-state index is 0.189. The molecule has 1 fully saturated rings. The van der Waals surface area contributed by atoms with Crippen molar-refractivity contribution in [3.63, 3.8) is 0 Å². The average Bonchev–Trinajstić information content (AvgIpc) is 2.65. The molecular formula is C20H21ClN2O3. The summed E-state index contributed by atoms with van der Waals surface area (Å²) in [4.78, 5) is 27.2. The van der Waals surface area contributed by atoms with E-state index in [0.717, 1.165) is 0 Å². The van der Waals surface area contributed by atoms with Gasteiger partial charge < -0.3 is 10.4 Å². The summed E-state index contributed by atoms with van der Waals surface area (Å²) in [6, 6.07) is 13.8. The van der Waals surface area contributed by atoms with Crippen LogP contribution in [0.25, 0.3) is 0 Å². The molecule has 6 heteroatoms. The normalized spacial score (nSPS) is 15.6. The zero-order valence-electron chi connectivity index (χ0n) is 14.3. The van der Waals surface area contributed by atoms with Gasteiger partial charge in [-0.15, -0.1) is 0 Å². The van der Waals surface area contributed by atoms with Crippen LogP contribution in [0.5, 0.6) is 0 Å². The Balaban J connectivity index is 1.73. The molecule has 0 saturated carbocycles. The van der Waals surface area contributed by atoms with Crippen molar-refractivity contribution in [1.82, 2.24) is 4.90 Å². The highest BCUT2D eigenvalue weighted by atomic mass is 35.5. The van der Waals surface area contributed by atoms with Crippen LogP contribution < -0.4 is 5.32 Å². The van der Waals surface area contributed by atoms with E-state index in [2.05, 4.69) is 5.32 Å². The van der Waals surface area contributed by atoms with E-state index in [1.807, 2.05) is 11.0 Å². The molecule has 0 aromatic heterocycles. The lowest BCUT2D eigenvalue weighted by Gasteiger charge is -2.28. The summed E-state index contributed by atoms with van der Waals surface area (Å²) in [6.45, 7) is 1.60. The first kappa shape index (κ1) is 18.6. The molecule has 0 spiro atoms. The van der Waals surface area contributed by atoms with Gasteiger partial charge in [0.05, 0.1) is 18.3 Å². The van der Waals surface area contributed by atoms with Gasteiger partial charge in [-0.1, -0.05) is 41.9 Å². The highest BCUT2D eigenvalue weighted by Crippen LogP contribution is 2.24. The summed E-state index contributed by atoms with van der Waals surface area (Å²) in [5.41, 5.74) is 1.35. The Hall–Kier alpha value is -2.21. The molecule has 0 aliphatic carbocycles. The number of benzene rings is 2. The number of aliphatic hydroxyl groups excluding tert-OH is 1. The fourth-order valence-corrected chi connectivity index (χ4v) is 3.20. The molecule has 1 saturated heterocycles. The number of carbonyl (C=O) groups is 2. The van der Waals surface area contributed by atoms with Crippen molar-refractivity contribution in [2.45, 2.75) is 18.9 Å². The summed E-state index contributed by atoms with van der Waals surface area (Å²) in [6.07, 6.45) is 1.07. The SMILES string of the molecule is O=C(CN1CCC(O)CC1)Nc1ccc(Cl)cc1C(=O)c1ccccc1. The van der Waals surface area contributed by atoms with Gasteiger partial charge in [-0.2, -0.15) is 0 Å². The molecule has 136 valence electrons. The van der Waals surface area contributed by atoms with Gasteiger partial charge in [-0.25, -0.2) is 0 Å². The van der Waals surface area contributed by atoms with E-state index in [9.17, 15) is 14.7 Å². The monoisotopic (exact) mass is 372 g/mol. The van der Waals surface area contributed by atoms with Crippen LogP contribution in [0.2, 0.25) is 5.02 Å². The molecule has 5 nitrogen and oxygen atoms in total. The molecule has 0 radical (unpaired) electrons. The van der Waals surface area contributed by atoms with Crippen molar-refractivity contribution in [3.05, 3.63) is 64.7 Å². The molecular weight excluding hydrogens is 352 g/mol. The number of rotatable bonds is 5. The van der Waals surface area contributed by atoms with E-state index in [-0.39, 0.29) is 24.3 Å². The Labute approximate surface area is 157 Å². The quantitative estimate of drug-likeness (QED) is 0.792. The molecule has 1 heterocycles. The number of aliphatic hydroxyl groups is 1. The number of anilines is 1. The van der Waals surface area contributed by atoms with Crippen LogP contribution in [0.3, 0.4) is 0 Å². The number of hydrogen-bond donors (Lipinski definition) is 2. The van der Waals surface area contributed by atoms with Crippen molar-refractivity contribution < 1.29 is 14.7 Å². The second-order valence-corrected chi connectivity index (χ2v) is 6.88. The second kappa shape index (κ2) is 8.45. The fourth-order valence-electron chi connectivity index (χ4n) is 3.03. The number of likely N-dealkylation sites (tertiary alicyclic amines) is 1. The van der Waals surface area contributed by atoms with Gasteiger partial charge in [0.25, 0.3) is 0 Å². The molecule has 2 N–H and O–H groups in total. The van der Waals surface area contributed by atoms with Crippen molar-refractivity contribution in [2.24, 2.45) is 0 Å². The molecule has 1 aliphatic rings. The van der Waals surface area contributed by atoms with Crippen molar-refractivity contribution in [2.75, 3.05) is 25.0 Å². The zero-order valence-corrected chi connectivity index (χ0v) is 15.1. The maximum absolute atomic E-state index is 12.8. The lowest BCUT2D eigenvalue weighted by atomic mass is 10.0. The number of halogens is 1. The van der Waals surface area contributed by atoms with E-state index in [1.165, 1.54) is 0 Å². The van der Waals surface area contributed by atoms with Crippen LogP contribution in [0.1, 0.15) is 28.8 Å². The van der Waals surface area contributed by atoms with Gasteiger partial charge in [0.15, 0.2) is 5.78 Å². The van der Waals surface area contributed by atoms with Crippen LogP contribution in [0.4, 0.5) is 5.69 Å². The molecule has 2 aromatic carbocycles. The molecule has 1 aliphatic heterocycles. The Morgan fingerprint density at radius 3 is 2.50 bits per heavy atom. The Morgan fingerprint density at radius 1 is 1.12 bits per heavy atom. The standard InChI is InChI=1S/C20H21ClN2O3/c21-15-6-7-18(17(12-15)20(26)14-4-2-1-3-5-14)22-19(25)13-23-10-8-16(24)9-11-23/h1-7,12,16,24H,8-11,13H2,(H,22,25). The fraction of sp³-hybridized carbons (Fsp3) is 0.300. The third-order valence-corrected chi connectivity index (χ3v) is 4.70. The largest absolute Gasteiger partial charge is 0.393 e. The zero-order chi connectivity index (χ0) is 18.5. The number of amides is 1. The predicted molar refractivity (Wildman–Crippen MR) is 102 cm³/mol. The van der Waals surface area contributed by atoms with Crippen molar-refractivity contribution >= 4 is 29.0 Å². The first-order valence-electron chi connectivity index (χ1n) is 8.62. The summed E-state index contributed by atoms with van der Waals surface area (Å²) < 4.78 is 0. The summed E-state index contributed by atoms with van der Waals surface area (Å²) in [5.74, 6) is -0.379. The van der Waals surface area contributed by atoms with E-state index in [4.69, 9.17) is 11.6 Å². The number of carbonyl (C=O) groups excluding carboxylic acids is 2. The first-order chi connectivity index (χ1) is 12.5. The Morgan fingerprint density at radius 2 is 1.81 bits per heavy atom. The van der Waals surface area contributed by atoms with Crippen LogP contribution >= 0.6 is 11.6 Å². The van der Waals surface area contributed by atoms with Crippen LogP contribution in [0.15, 0.2) is 48.5 Å². The molecule has 3 rings (SSSR count). The molecule has 0 unspecified atom stereocenters. The second-order valence-electron chi connectivity index (χ2n) is 6.44. The topological polar surface area (TPSA) is 69.6 Å². The first-order valence-corrected chi connectivity index (χ1v) is 9.00. The number of nitrogens with zero attached hydrogens (tertiary/aromatic N) is 1. The Bertz CT molecular complexity index is 787. The molecule has 26 heavy (non-hydrogen) atoms. The lowest BCUT2D eigenvalue weighted by Crippen LogP contribution is -2.40. The maximum atomic E-state index is 12.8. The van der Waals surface area contributed by atoms with E-state index < -0.39 is 0 Å². The van der Waals surface area contributed by atoms with Crippen LogP contribution in [0, 0.1) is 0 Å². The van der Waals surface area contributed by atoms with Gasteiger partial charge >= 0.3 is 0 Å². The van der Waals surface area contributed by atoms with Gasteiger partial charge in [-0.05, 0) is 31.0 Å². The number of hydrogen-bond acceptors (Lipinski definition) is 4. The van der Waals surface area contributed by atoms with E-state index >= 15 is 0 Å². The predicted octanol–water partition coefficient (Wildman–Crippen LogP) is 2.97. The van der Waals surface area contributed by atoms with Crippen LogP contribution in [-0.2, 0) is 4.79 Å². The maximum Gasteiger partial charge on any atom is 0.238 e. The minimum atomic E-state index is -0.277. The number of nitrogens with one attached hydrogen (secondary N) is 1. The minimum Gasteiger partial charge on any atom is -0.393 e. The number of ketones is 1. The number of piperidine rings is 1. The summed E-state index contributed by atoms with van der Waals surface area (Å²) >= 11 is 6.06. The van der Waals surface area contributed by atoms with Crippen LogP contribution in [-0.4, -0.2) is 47.4 Å². The third-order valence-electron chi connectivity index (χ3n) is 4.46. The summed E-state index contributed by atoms with van der Waals surface area (Å²) in [5, 5.41) is 12.8. The molecule has 2 aromatic rings.